The fraction of sp³-hybridized carbons (Fsp3) is 0.562. The van der Waals surface area contributed by atoms with Gasteiger partial charge in [0.15, 0.2) is 9.84 Å². The van der Waals surface area contributed by atoms with Crippen molar-refractivity contribution >= 4 is 39.1 Å². The van der Waals surface area contributed by atoms with Gasteiger partial charge in [-0.3, -0.25) is 4.79 Å². The summed E-state index contributed by atoms with van der Waals surface area (Å²) in [4.78, 5) is 16.5. The fourth-order valence-corrected chi connectivity index (χ4v) is 6.33. The van der Waals surface area contributed by atoms with Gasteiger partial charge in [0.2, 0.25) is 5.91 Å². The Morgan fingerprint density at radius 2 is 2.00 bits per heavy atom. The van der Waals surface area contributed by atoms with E-state index in [0.717, 1.165) is 24.4 Å². The number of hydrogen-bond donors (Lipinski definition) is 1. The molecule has 1 aromatic carbocycles. The van der Waals surface area contributed by atoms with Crippen molar-refractivity contribution < 1.29 is 18.1 Å². The molecule has 2 heterocycles. The molecule has 2 aliphatic heterocycles. The Balaban J connectivity index is 1.46. The molecule has 2 aliphatic rings. The number of carbonyl (C=O) groups is 1. The van der Waals surface area contributed by atoms with E-state index >= 15 is 0 Å². The molecular weight excluding hydrogens is 368 g/mol. The van der Waals surface area contributed by atoms with Gasteiger partial charge in [-0.05, 0) is 12.1 Å². The van der Waals surface area contributed by atoms with E-state index in [4.69, 9.17) is 11.6 Å². The van der Waals surface area contributed by atoms with Crippen LogP contribution in [-0.2, 0) is 14.6 Å². The Kier molecular flexibility index (Phi) is 5.74. The normalized spacial score (nSPS) is 24.2. The van der Waals surface area contributed by atoms with Crippen LogP contribution in [0.15, 0.2) is 29.2 Å². The summed E-state index contributed by atoms with van der Waals surface area (Å²) >= 11 is 7.58. The van der Waals surface area contributed by atoms with Crippen molar-refractivity contribution in [3.8, 4) is 0 Å². The summed E-state index contributed by atoms with van der Waals surface area (Å²) in [6.07, 6.45) is 0.758. The van der Waals surface area contributed by atoms with Crippen LogP contribution in [0.5, 0.6) is 0 Å². The molecule has 1 atom stereocenters. The first-order valence-corrected chi connectivity index (χ1v) is 11.3. The average molecular weight is 390 g/mol. The minimum atomic E-state index is -2.84. The highest BCUT2D eigenvalue weighted by Gasteiger charge is 2.37. The van der Waals surface area contributed by atoms with Crippen LogP contribution in [0.25, 0.3) is 0 Å². The second-order valence-corrected chi connectivity index (χ2v) is 10.0. The molecule has 2 fully saturated rings. The van der Waals surface area contributed by atoms with Crippen LogP contribution in [-0.4, -0.2) is 68.7 Å². The van der Waals surface area contributed by atoms with Gasteiger partial charge in [-0.1, -0.05) is 23.7 Å². The van der Waals surface area contributed by atoms with Gasteiger partial charge in [0, 0.05) is 11.3 Å². The number of piperazine rings is 1. The molecule has 3 rings (SSSR count). The zero-order chi connectivity index (χ0) is 17.2. The smallest absolute Gasteiger partial charge is 0.233 e. The first-order valence-electron chi connectivity index (χ1n) is 8.15. The Morgan fingerprint density at radius 1 is 1.29 bits per heavy atom. The lowest BCUT2D eigenvalue weighted by Gasteiger charge is -2.35. The summed E-state index contributed by atoms with van der Waals surface area (Å²) in [7, 11) is -2.84. The number of sulfone groups is 1. The zero-order valence-electron chi connectivity index (χ0n) is 13.4. The summed E-state index contributed by atoms with van der Waals surface area (Å²) in [6.45, 7) is 3.08. The van der Waals surface area contributed by atoms with Crippen molar-refractivity contribution in [3.63, 3.8) is 0 Å². The molecule has 5 nitrogen and oxygen atoms in total. The quantitative estimate of drug-likeness (QED) is 0.755. The number of halogens is 1. The van der Waals surface area contributed by atoms with Crippen LogP contribution in [0.2, 0.25) is 5.02 Å². The van der Waals surface area contributed by atoms with Crippen molar-refractivity contribution in [1.29, 1.82) is 0 Å². The summed E-state index contributed by atoms with van der Waals surface area (Å²) in [6, 6.07) is 7.75. The number of hydrogen-bond acceptors (Lipinski definition) is 4. The molecule has 1 aromatic rings. The Morgan fingerprint density at radius 3 is 2.62 bits per heavy atom. The second-order valence-electron chi connectivity index (χ2n) is 6.36. The number of benzene rings is 1. The van der Waals surface area contributed by atoms with E-state index in [1.807, 2.05) is 29.2 Å². The van der Waals surface area contributed by atoms with Gasteiger partial charge in [0.1, 0.15) is 11.8 Å². The van der Waals surface area contributed by atoms with Gasteiger partial charge in [0.05, 0.1) is 42.7 Å². The highest BCUT2D eigenvalue weighted by Crippen LogP contribution is 2.26. The third-order valence-corrected chi connectivity index (χ3v) is 8.02. The zero-order valence-corrected chi connectivity index (χ0v) is 15.8. The van der Waals surface area contributed by atoms with Crippen LogP contribution in [0.1, 0.15) is 6.42 Å². The highest BCUT2D eigenvalue weighted by molar-refractivity contribution is 8.00. The van der Waals surface area contributed by atoms with Crippen LogP contribution >= 0.6 is 23.4 Å². The van der Waals surface area contributed by atoms with Crippen LogP contribution in [0.4, 0.5) is 0 Å². The minimum absolute atomic E-state index is 0.123. The maximum absolute atomic E-state index is 12.4. The number of nitrogens with zero attached hydrogens (tertiary/aromatic N) is 1. The molecule has 0 spiro atoms. The largest absolute Gasteiger partial charge is 0.331 e. The summed E-state index contributed by atoms with van der Waals surface area (Å²) < 4.78 is 23.2. The summed E-state index contributed by atoms with van der Waals surface area (Å²) in [5, 5.41) is 0.673. The standard InChI is InChI=1S/C16H21ClN2O3S2/c17-14-3-1-2-4-15(14)23-11-16(20)19-8-6-18(7-9-19)13-5-10-24(21,22)12-13/h1-4,13H,5-12H2/p+1/t13-/m0/s1. The van der Waals surface area contributed by atoms with Crippen molar-refractivity contribution in [1.82, 2.24) is 4.90 Å². The molecule has 1 amide bonds. The predicted molar refractivity (Wildman–Crippen MR) is 96.5 cm³/mol. The lowest BCUT2D eigenvalue weighted by molar-refractivity contribution is -0.925. The van der Waals surface area contributed by atoms with Gasteiger partial charge in [-0.15, -0.1) is 11.8 Å². The van der Waals surface area contributed by atoms with Crippen molar-refractivity contribution in [3.05, 3.63) is 29.3 Å². The monoisotopic (exact) mass is 389 g/mol. The van der Waals surface area contributed by atoms with Gasteiger partial charge in [-0.25, -0.2) is 8.42 Å². The molecule has 132 valence electrons. The van der Waals surface area contributed by atoms with E-state index < -0.39 is 9.84 Å². The van der Waals surface area contributed by atoms with Crippen molar-refractivity contribution in [2.24, 2.45) is 0 Å². The number of nitrogens with one attached hydrogen (secondary N) is 1. The average Bonchev–Trinajstić information content (AvgIpc) is 2.94. The van der Waals surface area contributed by atoms with Crippen LogP contribution < -0.4 is 4.90 Å². The molecule has 8 heteroatoms. The van der Waals surface area contributed by atoms with E-state index in [1.54, 1.807) is 0 Å². The molecule has 2 saturated heterocycles. The molecule has 0 bridgehead atoms. The molecule has 0 radical (unpaired) electrons. The number of thioether (sulfide) groups is 1. The van der Waals surface area contributed by atoms with Gasteiger partial charge < -0.3 is 9.80 Å². The first kappa shape index (κ1) is 18.0. The molecule has 1 N–H and O–H groups in total. The number of rotatable bonds is 4. The minimum Gasteiger partial charge on any atom is -0.331 e. The first-order chi connectivity index (χ1) is 11.4. The van der Waals surface area contributed by atoms with Crippen LogP contribution in [0.3, 0.4) is 0 Å². The molecule has 0 saturated carbocycles. The predicted octanol–water partition coefficient (Wildman–Crippen LogP) is 0.346. The van der Waals surface area contributed by atoms with Crippen molar-refractivity contribution in [2.45, 2.75) is 17.4 Å². The third kappa shape index (κ3) is 4.45. The van der Waals surface area contributed by atoms with Crippen molar-refractivity contribution in [2.75, 3.05) is 43.4 Å². The molecule has 0 aromatic heterocycles. The molecule has 24 heavy (non-hydrogen) atoms. The lowest BCUT2D eigenvalue weighted by Crippen LogP contribution is -3.18. The van der Waals surface area contributed by atoms with Gasteiger partial charge >= 0.3 is 0 Å². The maximum atomic E-state index is 12.4. The van der Waals surface area contributed by atoms with Gasteiger partial charge in [0.25, 0.3) is 0 Å². The molecule has 0 unspecified atom stereocenters. The topological polar surface area (TPSA) is 58.9 Å². The highest BCUT2D eigenvalue weighted by atomic mass is 35.5. The summed E-state index contributed by atoms with van der Waals surface area (Å²) in [5.74, 6) is 1.13. The van der Waals surface area contributed by atoms with E-state index in [2.05, 4.69) is 0 Å². The third-order valence-electron chi connectivity index (χ3n) is 4.76. The fourth-order valence-electron chi connectivity index (χ4n) is 3.36. The number of quaternary nitrogens is 1. The Bertz CT molecular complexity index is 703. The Labute approximate surface area is 152 Å². The second kappa shape index (κ2) is 7.64. The number of amides is 1. The van der Waals surface area contributed by atoms with Gasteiger partial charge in [-0.2, -0.15) is 0 Å². The Hall–Kier alpha value is -0.760. The van der Waals surface area contributed by atoms with E-state index in [0.29, 0.717) is 35.4 Å². The summed E-state index contributed by atoms with van der Waals surface area (Å²) in [5.41, 5.74) is 0. The van der Waals surface area contributed by atoms with E-state index in [1.165, 1.54) is 16.7 Å². The van der Waals surface area contributed by atoms with E-state index in [9.17, 15) is 13.2 Å². The molecule has 0 aliphatic carbocycles. The molecular formula is C16H22ClN2O3S2+. The SMILES string of the molecule is O=C(CSc1ccccc1Cl)N1CC[NH+]([C@H]2CCS(=O)(=O)C2)CC1. The maximum Gasteiger partial charge on any atom is 0.233 e. The number of carbonyl (C=O) groups excluding carboxylic acids is 1. The van der Waals surface area contributed by atoms with Crippen LogP contribution in [0, 0.1) is 0 Å². The lowest BCUT2D eigenvalue weighted by atomic mass is 10.2. The van der Waals surface area contributed by atoms with E-state index in [-0.39, 0.29) is 11.9 Å².